The highest BCUT2D eigenvalue weighted by Crippen LogP contribution is 2.19. The molecule has 0 aliphatic rings. The van der Waals surface area contributed by atoms with Crippen molar-refractivity contribution in [2.24, 2.45) is 0 Å². The van der Waals surface area contributed by atoms with E-state index in [9.17, 15) is 4.79 Å². The molecule has 0 bridgehead atoms. The Hall–Kier alpha value is -0.963. The topological polar surface area (TPSA) is 30.0 Å². The Bertz CT molecular complexity index is 399. The molecule has 16 heavy (non-hydrogen) atoms. The molecule has 0 N–H and O–H groups in total. The number of pyridine rings is 1. The number of aromatic nitrogens is 1. The van der Waals surface area contributed by atoms with Crippen LogP contribution < -0.4 is 5.32 Å². The second-order valence-electron chi connectivity index (χ2n) is 6.25. The maximum Gasteiger partial charge on any atom is 0.151 e. The molecule has 0 amide bonds. The van der Waals surface area contributed by atoms with Crippen LogP contribution >= 0.6 is 0 Å². The molecule has 1 rings (SSSR count). The average Bonchev–Trinajstić information content (AvgIpc) is 2.14. The smallest absolute Gasteiger partial charge is 0.151 e. The van der Waals surface area contributed by atoms with Gasteiger partial charge in [0.1, 0.15) is 8.07 Å². The van der Waals surface area contributed by atoms with Gasteiger partial charge in [-0.3, -0.25) is 9.78 Å². The van der Waals surface area contributed by atoms with Crippen LogP contribution in [-0.2, 0) is 5.41 Å². The molecule has 1 aromatic rings. The molecule has 88 valence electrons. The van der Waals surface area contributed by atoms with E-state index in [0.717, 1.165) is 22.9 Å². The Kier molecular flexibility index (Phi) is 3.38. The quantitative estimate of drug-likeness (QED) is 0.583. The summed E-state index contributed by atoms with van der Waals surface area (Å²) in [7, 11) is -1.55. The molecule has 0 saturated heterocycles. The van der Waals surface area contributed by atoms with Gasteiger partial charge in [0.25, 0.3) is 0 Å². The summed E-state index contributed by atoms with van der Waals surface area (Å²) in [6.07, 6.45) is 0.924. The largest absolute Gasteiger partial charge is 0.298 e. The van der Waals surface area contributed by atoms with E-state index in [1.807, 2.05) is 12.1 Å². The van der Waals surface area contributed by atoms with Crippen LogP contribution in [0.3, 0.4) is 0 Å². The van der Waals surface area contributed by atoms with E-state index in [4.69, 9.17) is 4.98 Å². The highest BCUT2D eigenvalue weighted by molar-refractivity contribution is 6.88. The molecule has 2 nitrogen and oxygen atoms in total. The summed E-state index contributed by atoms with van der Waals surface area (Å²) >= 11 is 0. The molecular weight excluding hydrogens is 214 g/mol. The molecule has 0 unspecified atom stereocenters. The van der Waals surface area contributed by atoms with Crippen LogP contribution in [0.15, 0.2) is 12.1 Å². The lowest BCUT2D eigenvalue weighted by Gasteiger charge is -2.23. The Morgan fingerprint density at radius 3 is 2.12 bits per heavy atom. The normalized spacial score (nSPS) is 12.6. The first-order chi connectivity index (χ1) is 7.16. The third-order valence-electron chi connectivity index (χ3n) is 2.53. The molecule has 0 radical (unpaired) electrons. The van der Waals surface area contributed by atoms with Gasteiger partial charge >= 0.3 is 0 Å². The van der Waals surface area contributed by atoms with Crippen molar-refractivity contribution in [3.8, 4) is 0 Å². The van der Waals surface area contributed by atoms with Gasteiger partial charge in [0.15, 0.2) is 6.29 Å². The third-order valence-corrected chi connectivity index (χ3v) is 4.35. The summed E-state index contributed by atoms with van der Waals surface area (Å²) in [5.41, 5.74) is 1.86. The van der Waals surface area contributed by atoms with Gasteiger partial charge in [-0.05, 0) is 12.1 Å². The number of nitrogens with zero attached hydrogens (tertiary/aromatic N) is 1. The third kappa shape index (κ3) is 2.79. The van der Waals surface area contributed by atoms with Gasteiger partial charge in [-0.2, -0.15) is 0 Å². The number of carbonyl (C=O) groups is 1. The highest BCUT2D eigenvalue weighted by atomic mass is 28.3. The summed E-state index contributed by atoms with van der Waals surface area (Å²) < 4.78 is 0. The lowest BCUT2D eigenvalue weighted by atomic mass is 9.91. The van der Waals surface area contributed by atoms with Gasteiger partial charge in [-0.1, -0.05) is 40.4 Å². The van der Waals surface area contributed by atoms with E-state index in [-0.39, 0.29) is 5.41 Å². The fourth-order valence-electron chi connectivity index (χ4n) is 1.58. The number of hydrogen-bond donors (Lipinski definition) is 0. The van der Waals surface area contributed by atoms with Crippen molar-refractivity contribution >= 4 is 19.7 Å². The lowest BCUT2D eigenvalue weighted by Crippen LogP contribution is -2.43. The number of hydrogen-bond acceptors (Lipinski definition) is 2. The van der Waals surface area contributed by atoms with E-state index >= 15 is 0 Å². The molecule has 1 aromatic heterocycles. The highest BCUT2D eigenvalue weighted by Gasteiger charge is 2.25. The van der Waals surface area contributed by atoms with Crippen LogP contribution in [0.2, 0.25) is 19.6 Å². The van der Waals surface area contributed by atoms with Crippen LogP contribution in [0.4, 0.5) is 0 Å². The van der Waals surface area contributed by atoms with Crippen molar-refractivity contribution in [2.45, 2.75) is 45.8 Å². The van der Waals surface area contributed by atoms with Crippen LogP contribution in [0.25, 0.3) is 0 Å². The summed E-state index contributed by atoms with van der Waals surface area (Å²) in [5, 5.41) is 1.02. The van der Waals surface area contributed by atoms with Crippen molar-refractivity contribution < 1.29 is 4.79 Å². The van der Waals surface area contributed by atoms with Crippen molar-refractivity contribution in [3.05, 3.63) is 23.4 Å². The molecule has 0 aromatic carbocycles. The predicted octanol–water partition coefficient (Wildman–Crippen LogP) is 2.74. The Morgan fingerprint density at radius 1 is 1.19 bits per heavy atom. The van der Waals surface area contributed by atoms with E-state index < -0.39 is 8.07 Å². The van der Waals surface area contributed by atoms with Gasteiger partial charge in [0.05, 0.1) is 0 Å². The number of carbonyl (C=O) groups excluding carboxylic acids is 1. The molecule has 0 fully saturated rings. The average molecular weight is 235 g/mol. The van der Waals surface area contributed by atoms with Crippen LogP contribution in [-0.4, -0.2) is 19.3 Å². The summed E-state index contributed by atoms with van der Waals surface area (Å²) in [6, 6.07) is 3.88. The summed E-state index contributed by atoms with van der Waals surface area (Å²) in [5.74, 6) is 0. The Labute approximate surface area is 99.1 Å². The molecule has 0 atom stereocenters. The summed E-state index contributed by atoms with van der Waals surface area (Å²) in [4.78, 5) is 15.7. The van der Waals surface area contributed by atoms with Gasteiger partial charge in [-0.15, -0.1) is 0 Å². The van der Waals surface area contributed by atoms with E-state index in [2.05, 4.69) is 40.4 Å². The van der Waals surface area contributed by atoms with Crippen LogP contribution in [0.5, 0.6) is 0 Å². The maximum atomic E-state index is 11.0. The maximum absolute atomic E-state index is 11.0. The van der Waals surface area contributed by atoms with E-state index in [0.29, 0.717) is 0 Å². The second-order valence-corrected chi connectivity index (χ2v) is 11.2. The van der Waals surface area contributed by atoms with Crippen molar-refractivity contribution in [3.63, 3.8) is 0 Å². The first-order valence-corrected chi connectivity index (χ1v) is 9.13. The van der Waals surface area contributed by atoms with Crippen molar-refractivity contribution in [2.75, 3.05) is 0 Å². The van der Waals surface area contributed by atoms with Crippen LogP contribution in [0.1, 0.15) is 36.8 Å². The predicted molar refractivity (Wildman–Crippen MR) is 71.3 cm³/mol. The second kappa shape index (κ2) is 4.13. The first-order valence-electron chi connectivity index (χ1n) is 5.63. The monoisotopic (exact) mass is 235 g/mol. The van der Waals surface area contributed by atoms with Gasteiger partial charge in [0.2, 0.25) is 0 Å². The van der Waals surface area contributed by atoms with Gasteiger partial charge < -0.3 is 0 Å². The van der Waals surface area contributed by atoms with Crippen molar-refractivity contribution in [1.29, 1.82) is 0 Å². The zero-order chi connectivity index (χ0) is 12.6. The zero-order valence-electron chi connectivity index (χ0n) is 11.1. The van der Waals surface area contributed by atoms with Gasteiger partial charge in [0, 0.05) is 22.0 Å². The minimum Gasteiger partial charge on any atom is -0.298 e. The minimum absolute atomic E-state index is 0.0375. The first kappa shape index (κ1) is 13.1. The molecule has 0 saturated carbocycles. The fraction of sp³-hybridized carbons (Fsp3) is 0.538. The minimum atomic E-state index is -1.55. The fourth-order valence-corrected chi connectivity index (χ4v) is 3.05. The molecule has 3 heteroatoms. The van der Waals surface area contributed by atoms with E-state index in [1.54, 1.807) is 0 Å². The lowest BCUT2D eigenvalue weighted by molar-refractivity contribution is 0.112. The summed E-state index contributed by atoms with van der Waals surface area (Å²) in [6.45, 7) is 13.1. The zero-order valence-corrected chi connectivity index (χ0v) is 12.1. The van der Waals surface area contributed by atoms with Crippen molar-refractivity contribution in [1.82, 2.24) is 4.98 Å². The van der Waals surface area contributed by atoms with Gasteiger partial charge in [-0.25, -0.2) is 0 Å². The van der Waals surface area contributed by atoms with Crippen LogP contribution in [0, 0.1) is 0 Å². The Morgan fingerprint density at radius 2 is 1.75 bits per heavy atom. The molecule has 0 aliphatic heterocycles. The molecule has 1 heterocycles. The number of aldehydes is 1. The molecule has 0 spiro atoms. The molecule has 0 aliphatic carbocycles. The molecular formula is C13H21NOSi. The number of rotatable bonds is 2. The SMILES string of the molecule is CC(C)(C)c1ccc(C=O)c([Si](C)(C)C)n1. The van der Waals surface area contributed by atoms with E-state index in [1.165, 1.54) is 0 Å². The Balaban J connectivity index is 3.39. The standard InChI is InChI=1S/C13H21NOSi/c1-13(2,3)11-8-7-10(9-15)12(14-11)16(4,5)6/h7-9H,1-6H3.